The number of hydrogen-bond donors (Lipinski definition) is 0. The summed E-state index contributed by atoms with van der Waals surface area (Å²) in [4.78, 5) is 19.4. The van der Waals surface area contributed by atoms with Gasteiger partial charge in [0.1, 0.15) is 23.8 Å². The fourth-order valence-electron chi connectivity index (χ4n) is 3.40. The Morgan fingerprint density at radius 3 is 3.00 bits per heavy atom. The van der Waals surface area contributed by atoms with Crippen molar-refractivity contribution in [3.05, 3.63) is 47.2 Å². The van der Waals surface area contributed by atoms with Crippen LogP contribution in [0.5, 0.6) is 5.75 Å². The molecule has 4 rings (SSSR count). The number of amides is 1. The number of carbonyl (C=O) groups is 1. The zero-order valence-electron chi connectivity index (χ0n) is 14.1. The summed E-state index contributed by atoms with van der Waals surface area (Å²) < 4.78 is 11.6. The average molecular weight is 326 g/mol. The highest BCUT2D eigenvalue weighted by Crippen LogP contribution is 2.29. The number of para-hydroxylation sites is 1. The van der Waals surface area contributed by atoms with E-state index in [1.54, 1.807) is 0 Å². The summed E-state index contributed by atoms with van der Waals surface area (Å²) in [5, 5.41) is 0. The lowest BCUT2D eigenvalue weighted by Crippen LogP contribution is -2.43. The minimum Gasteiger partial charge on any atom is -0.492 e. The van der Waals surface area contributed by atoms with Gasteiger partial charge >= 0.3 is 0 Å². The number of hydrogen-bond acceptors (Lipinski definition) is 4. The van der Waals surface area contributed by atoms with Crippen LogP contribution >= 0.6 is 0 Å². The SMILES string of the molecule is CC(C)c1nc2c(o1)CCN(C(=O)C1COc3ccccc3C1)C2. The molecule has 5 nitrogen and oxygen atoms in total. The van der Waals surface area contributed by atoms with Gasteiger partial charge in [-0.15, -0.1) is 0 Å². The van der Waals surface area contributed by atoms with Crippen LogP contribution in [0.3, 0.4) is 0 Å². The number of nitrogens with zero attached hydrogens (tertiary/aromatic N) is 2. The van der Waals surface area contributed by atoms with Crippen molar-refractivity contribution in [2.75, 3.05) is 13.2 Å². The van der Waals surface area contributed by atoms with Crippen LogP contribution in [-0.4, -0.2) is 28.9 Å². The first kappa shape index (κ1) is 15.2. The Balaban J connectivity index is 1.48. The van der Waals surface area contributed by atoms with Gasteiger partial charge in [-0.3, -0.25) is 4.79 Å². The van der Waals surface area contributed by atoms with Crippen molar-refractivity contribution in [3.8, 4) is 5.75 Å². The maximum absolute atomic E-state index is 12.9. The Labute approximate surface area is 141 Å². The van der Waals surface area contributed by atoms with Gasteiger partial charge in [0.05, 0.1) is 12.5 Å². The number of oxazole rings is 1. The van der Waals surface area contributed by atoms with Crippen molar-refractivity contribution in [2.24, 2.45) is 5.92 Å². The molecule has 2 aromatic rings. The van der Waals surface area contributed by atoms with Gasteiger partial charge in [-0.2, -0.15) is 0 Å². The van der Waals surface area contributed by atoms with E-state index >= 15 is 0 Å². The summed E-state index contributed by atoms with van der Waals surface area (Å²) >= 11 is 0. The number of rotatable bonds is 2. The molecule has 1 amide bonds. The molecule has 2 aliphatic heterocycles. The molecule has 0 spiro atoms. The minimum absolute atomic E-state index is 0.113. The van der Waals surface area contributed by atoms with E-state index in [4.69, 9.17) is 9.15 Å². The molecule has 0 bridgehead atoms. The second kappa shape index (κ2) is 5.96. The smallest absolute Gasteiger partial charge is 0.229 e. The molecule has 0 saturated heterocycles. The molecule has 1 aromatic carbocycles. The number of benzene rings is 1. The van der Waals surface area contributed by atoms with Crippen molar-refractivity contribution >= 4 is 5.91 Å². The predicted octanol–water partition coefficient (Wildman–Crippen LogP) is 2.93. The molecule has 126 valence electrons. The lowest BCUT2D eigenvalue weighted by molar-refractivity contribution is -0.138. The third-order valence-corrected chi connectivity index (χ3v) is 4.78. The molecule has 1 aromatic heterocycles. The Morgan fingerprint density at radius 2 is 2.17 bits per heavy atom. The summed E-state index contributed by atoms with van der Waals surface area (Å²) in [6, 6.07) is 7.96. The van der Waals surface area contributed by atoms with Crippen molar-refractivity contribution in [1.29, 1.82) is 0 Å². The molecule has 5 heteroatoms. The Morgan fingerprint density at radius 1 is 1.33 bits per heavy atom. The van der Waals surface area contributed by atoms with Gasteiger partial charge in [-0.05, 0) is 18.1 Å². The quantitative estimate of drug-likeness (QED) is 0.851. The van der Waals surface area contributed by atoms with Crippen molar-refractivity contribution in [3.63, 3.8) is 0 Å². The number of aromatic nitrogens is 1. The first-order valence-electron chi connectivity index (χ1n) is 8.60. The van der Waals surface area contributed by atoms with Gasteiger partial charge in [0.2, 0.25) is 5.91 Å². The van der Waals surface area contributed by atoms with Crippen LogP contribution in [-0.2, 0) is 24.2 Å². The fourth-order valence-corrected chi connectivity index (χ4v) is 3.40. The average Bonchev–Trinajstić information content (AvgIpc) is 3.04. The van der Waals surface area contributed by atoms with E-state index in [1.165, 1.54) is 0 Å². The van der Waals surface area contributed by atoms with Crippen LogP contribution in [0, 0.1) is 5.92 Å². The first-order chi connectivity index (χ1) is 11.6. The van der Waals surface area contributed by atoms with Crippen molar-refractivity contribution in [2.45, 2.75) is 39.2 Å². The molecule has 0 N–H and O–H groups in total. The number of fused-ring (bicyclic) bond motifs is 2. The maximum Gasteiger partial charge on any atom is 0.229 e. The summed E-state index contributed by atoms with van der Waals surface area (Å²) in [5.41, 5.74) is 2.03. The number of carbonyl (C=O) groups excluding carboxylic acids is 1. The van der Waals surface area contributed by atoms with Crippen LogP contribution in [0.4, 0.5) is 0 Å². The predicted molar refractivity (Wildman–Crippen MR) is 88.8 cm³/mol. The zero-order valence-corrected chi connectivity index (χ0v) is 14.1. The Hall–Kier alpha value is -2.30. The van der Waals surface area contributed by atoms with E-state index in [2.05, 4.69) is 18.8 Å². The van der Waals surface area contributed by atoms with Gasteiger partial charge in [-0.25, -0.2) is 4.98 Å². The molecule has 0 fully saturated rings. The van der Waals surface area contributed by atoms with Crippen LogP contribution < -0.4 is 4.74 Å². The van der Waals surface area contributed by atoms with Crippen LogP contribution in [0.1, 0.15) is 42.7 Å². The molecule has 1 unspecified atom stereocenters. The highest BCUT2D eigenvalue weighted by Gasteiger charge is 2.32. The van der Waals surface area contributed by atoms with Crippen molar-refractivity contribution < 1.29 is 13.9 Å². The molecule has 0 radical (unpaired) electrons. The largest absolute Gasteiger partial charge is 0.492 e. The molecule has 0 aliphatic carbocycles. The second-order valence-corrected chi connectivity index (χ2v) is 6.91. The summed E-state index contributed by atoms with van der Waals surface area (Å²) in [6.45, 7) is 5.82. The molecule has 24 heavy (non-hydrogen) atoms. The number of ether oxygens (including phenoxy) is 1. The monoisotopic (exact) mass is 326 g/mol. The topological polar surface area (TPSA) is 55.6 Å². The second-order valence-electron chi connectivity index (χ2n) is 6.91. The third kappa shape index (κ3) is 2.68. The molecular weight excluding hydrogens is 304 g/mol. The van der Waals surface area contributed by atoms with E-state index < -0.39 is 0 Å². The summed E-state index contributed by atoms with van der Waals surface area (Å²) in [6.07, 6.45) is 1.49. The van der Waals surface area contributed by atoms with Crippen LogP contribution in [0.25, 0.3) is 0 Å². The van der Waals surface area contributed by atoms with Crippen LogP contribution in [0.2, 0.25) is 0 Å². The molecular formula is C19H22N2O3. The molecule has 1 atom stereocenters. The molecule has 3 heterocycles. The van der Waals surface area contributed by atoms with Gasteiger partial charge in [-0.1, -0.05) is 32.0 Å². The Kier molecular flexibility index (Phi) is 3.79. The minimum atomic E-state index is -0.113. The summed E-state index contributed by atoms with van der Waals surface area (Å²) in [5.74, 6) is 2.92. The lowest BCUT2D eigenvalue weighted by Gasteiger charge is -2.31. The molecule has 0 saturated carbocycles. The van der Waals surface area contributed by atoms with E-state index in [0.29, 0.717) is 19.7 Å². The van der Waals surface area contributed by atoms with Gasteiger partial charge < -0.3 is 14.1 Å². The first-order valence-corrected chi connectivity index (χ1v) is 8.60. The zero-order chi connectivity index (χ0) is 16.7. The van der Waals surface area contributed by atoms with Crippen molar-refractivity contribution in [1.82, 2.24) is 9.88 Å². The van der Waals surface area contributed by atoms with Gasteiger partial charge in [0.15, 0.2) is 5.89 Å². The van der Waals surface area contributed by atoms with Crippen LogP contribution in [0.15, 0.2) is 28.7 Å². The molecule has 2 aliphatic rings. The standard InChI is InChI=1S/C19H22N2O3/c1-12(2)18-20-15-10-21(8-7-17(15)24-18)19(22)14-9-13-5-3-4-6-16(13)23-11-14/h3-6,12,14H,7-11H2,1-2H3. The third-order valence-electron chi connectivity index (χ3n) is 4.78. The maximum atomic E-state index is 12.9. The highest BCUT2D eigenvalue weighted by atomic mass is 16.5. The fraction of sp³-hybridized carbons (Fsp3) is 0.474. The van der Waals surface area contributed by atoms with Gasteiger partial charge in [0, 0.05) is 18.9 Å². The van der Waals surface area contributed by atoms with E-state index in [-0.39, 0.29) is 17.7 Å². The van der Waals surface area contributed by atoms with E-state index in [9.17, 15) is 4.79 Å². The van der Waals surface area contributed by atoms with Gasteiger partial charge in [0.25, 0.3) is 0 Å². The lowest BCUT2D eigenvalue weighted by atomic mass is 9.95. The van der Waals surface area contributed by atoms with E-state index in [0.717, 1.165) is 41.5 Å². The van der Waals surface area contributed by atoms with E-state index in [1.807, 2.05) is 29.2 Å². The summed E-state index contributed by atoms with van der Waals surface area (Å²) in [7, 11) is 0. The highest BCUT2D eigenvalue weighted by molar-refractivity contribution is 5.80. The normalized spacial score (nSPS) is 19.6. The Bertz CT molecular complexity index is 766.